The first-order chi connectivity index (χ1) is 13.0. The third-order valence-corrected chi connectivity index (χ3v) is 5.57. The third kappa shape index (κ3) is 4.51. The highest BCUT2D eigenvalue weighted by atomic mass is 79.9. The molecule has 0 spiro atoms. The van der Waals surface area contributed by atoms with Crippen LogP contribution >= 0.6 is 27.7 Å². The number of aryl methyl sites for hydroxylation is 1. The van der Waals surface area contributed by atoms with Crippen LogP contribution in [0.25, 0.3) is 11.0 Å². The second kappa shape index (κ2) is 8.58. The van der Waals surface area contributed by atoms with Gasteiger partial charge in [-0.15, -0.1) is 11.8 Å². The minimum absolute atomic E-state index is 0.219. The van der Waals surface area contributed by atoms with Crippen LogP contribution in [-0.4, -0.2) is 27.8 Å². The standard InChI is InChI=1S/C19H18BrN3O3S/c1-2-23-16-8-3-12(11-15(16)22-18(25)19(23)26)17(24)21-9-10-27-14-6-4-13(20)5-7-14/h3-8,11H,2,9-10H2,1H3,(H,21,24)(H,22,25). The van der Waals surface area contributed by atoms with Crippen molar-refractivity contribution in [2.45, 2.75) is 18.4 Å². The van der Waals surface area contributed by atoms with Crippen LogP contribution < -0.4 is 16.4 Å². The third-order valence-electron chi connectivity index (χ3n) is 4.02. The van der Waals surface area contributed by atoms with Crippen molar-refractivity contribution in [1.82, 2.24) is 14.9 Å². The molecule has 1 heterocycles. The highest BCUT2D eigenvalue weighted by Gasteiger charge is 2.10. The van der Waals surface area contributed by atoms with Crippen molar-refractivity contribution in [2.24, 2.45) is 0 Å². The lowest BCUT2D eigenvalue weighted by Gasteiger charge is -2.09. The molecule has 6 nitrogen and oxygen atoms in total. The maximum atomic E-state index is 12.4. The van der Waals surface area contributed by atoms with E-state index in [1.807, 2.05) is 24.3 Å². The van der Waals surface area contributed by atoms with Crippen LogP contribution in [0.5, 0.6) is 0 Å². The zero-order chi connectivity index (χ0) is 19.4. The fourth-order valence-electron chi connectivity index (χ4n) is 2.70. The number of aromatic amines is 1. The normalized spacial score (nSPS) is 10.9. The minimum atomic E-state index is -0.687. The minimum Gasteiger partial charge on any atom is -0.351 e. The van der Waals surface area contributed by atoms with E-state index >= 15 is 0 Å². The molecule has 140 valence electrons. The van der Waals surface area contributed by atoms with E-state index in [9.17, 15) is 14.4 Å². The van der Waals surface area contributed by atoms with Crippen molar-refractivity contribution in [3.05, 3.63) is 73.2 Å². The summed E-state index contributed by atoms with van der Waals surface area (Å²) in [5.74, 6) is 0.524. The van der Waals surface area contributed by atoms with Gasteiger partial charge in [0.05, 0.1) is 11.0 Å². The predicted octanol–water partition coefficient (Wildman–Crippen LogP) is 2.99. The summed E-state index contributed by atoms with van der Waals surface area (Å²) >= 11 is 5.06. The number of nitrogens with zero attached hydrogens (tertiary/aromatic N) is 1. The Morgan fingerprint density at radius 1 is 1.19 bits per heavy atom. The number of benzene rings is 2. The van der Waals surface area contributed by atoms with Crippen molar-refractivity contribution in [2.75, 3.05) is 12.3 Å². The molecule has 0 unspecified atom stereocenters. The number of carbonyl (C=O) groups excluding carboxylic acids is 1. The molecule has 3 aromatic rings. The van der Waals surface area contributed by atoms with Crippen LogP contribution in [0.15, 0.2) is 61.4 Å². The van der Waals surface area contributed by atoms with E-state index in [-0.39, 0.29) is 5.91 Å². The summed E-state index contributed by atoms with van der Waals surface area (Å²) in [7, 11) is 0. The predicted molar refractivity (Wildman–Crippen MR) is 112 cm³/mol. The van der Waals surface area contributed by atoms with Crippen LogP contribution in [0.2, 0.25) is 0 Å². The fraction of sp³-hybridized carbons (Fsp3) is 0.211. The zero-order valence-corrected chi connectivity index (χ0v) is 17.0. The molecular formula is C19H18BrN3O3S. The number of hydrogen-bond acceptors (Lipinski definition) is 4. The van der Waals surface area contributed by atoms with Gasteiger partial charge >= 0.3 is 11.1 Å². The van der Waals surface area contributed by atoms with Gasteiger partial charge in [0.2, 0.25) is 0 Å². The van der Waals surface area contributed by atoms with Crippen LogP contribution in [0.4, 0.5) is 0 Å². The molecule has 0 aliphatic rings. The fourth-order valence-corrected chi connectivity index (χ4v) is 3.73. The summed E-state index contributed by atoms with van der Waals surface area (Å²) in [6.07, 6.45) is 0. The molecule has 0 saturated heterocycles. The van der Waals surface area contributed by atoms with Gasteiger partial charge in [-0.25, -0.2) is 0 Å². The molecule has 27 heavy (non-hydrogen) atoms. The van der Waals surface area contributed by atoms with Crippen molar-refractivity contribution in [3.8, 4) is 0 Å². The average Bonchev–Trinajstić information content (AvgIpc) is 2.67. The molecule has 2 aromatic carbocycles. The second-order valence-corrected chi connectivity index (χ2v) is 7.88. The van der Waals surface area contributed by atoms with Gasteiger partial charge in [0, 0.05) is 33.8 Å². The molecule has 0 radical (unpaired) electrons. The lowest BCUT2D eigenvalue weighted by Crippen LogP contribution is -2.36. The number of rotatable bonds is 6. The Hall–Kier alpha value is -2.32. The Morgan fingerprint density at radius 3 is 2.63 bits per heavy atom. The van der Waals surface area contributed by atoms with E-state index in [4.69, 9.17) is 0 Å². The van der Waals surface area contributed by atoms with E-state index in [1.165, 1.54) is 4.57 Å². The molecule has 0 atom stereocenters. The van der Waals surface area contributed by atoms with Crippen molar-refractivity contribution >= 4 is 44.6 Å². The number of carbonyl (C=O) groups is 1. The number of nitrogens with one attached hydrogen (secondary N) is 2. The highest BCUT2D eigenvalue weighted by molar-refractivity contribution is 9.10. The Labute approximate surface area is 168 Å². The molecule has 8 heteroatoms. The quantitative estimate of drug-likeness (QED) is 0.345. The first-order valence-electron chi connectivity index (χ1n) is 8.43. The molecule has 0 aliphatic heterocycles. The smallest absolute Gasteiger partial charge is 0.316 e. The van der Waals surface area contributed by atoms with Gasteiger partial charge < -0.3 is 14.9 Å². The number of halogens is 1. The maximum Gasteiger partial charge on any atom is 0.316 e. The van der Waals surface area contributed by atoms with E-state index in [0.29, 0.717) is 29.7 Å². The Kier molecular flexibility index (Phi) is 6.18. The molecule has 3 rings (SSSR count). The van der Waals surface area contributed by atoms with E-state index in [1.54, 1.807) is 36.9 Å². The van der Waals surface area contributed by atoms with Gasteiger partial charge in [-0.05, 0) is 49.4 Å². The molecule has 2 N–H and O–H groups in total. The number of amides is 1. The van der Waals surface area contributed by atoms with E-state index in [2.05, 4.69) is 26.2 Å². The second-order valence-electron chi connectivity index (χ2n) is 5.79. The van der Waals surface area contributed by atoms with Gasteiger partial charge in [-0.2, -0.15) is 0 Å². The highest BCUT2D eigenvalue weighted by Crippen LogP contribution is 2.20. The van der Waals surface area contributed by atoms with Gasteiger partial charge in [0.15, 0.2) is 0 Å². The number of thioether (sulfide) groups is 1. The summed E-state index contributed by atoms with van der Waals surface area (Å²) in [5.41, 5.74) is 0.232. The summed E-state index contributed by atoms with van der Waals surface area (Å²) in [4.78, 5) is 39.7. The van der Waals surface area contributed by atoms with Crippen molar-refractivity contribution < 1.29 is 4.79 Å². The molecular weight excluding hydrogens is 430 g/mol. The van der Waals surface area contributed by atoms with Gasteiger partial charge in [0.25, 0.3) is 5.91 Å². The number of hydrogen-bond donors (Lipinski definition) is 2. The molecule has 0 aliphatic carbocycles. The van der Waals surface area contributed by atoms with E-state index in [0.717, 1.165) is 15.1 Å². The summed E-state index contributed by atoms with van der Waals surface area (Å²) < 4.78 is 2.42. The van der Waals surface area contributed by atoms with Gasteiger partial charge in [-0.3, -0.25) is 14.4 Å². The topological polar surface area (TPSA) is 84.0 Å². The zero-order valence-electron chi connectivity index (χ0n) is 14.6. The van der Waals surface area contributed by atoms with Gasteiger partial charge in [-0.1, -0.05) is 15.9 Å². The van der Waals surface area contributed by atoms with Crippen LogP contribution in [0.3, 0.4) is 0 Å². The lowest BCUT2D eigenvalue weighted by molar-refractivity contribution is 0.0956. The van der Waals surface area contributed by atoms with Crippen molar-refractivity contribution in [1.29, 1.82) is 0 Å². The lowest BCUT2D eigenvalue weighted by atomic mass is 10.1. The Bertz CT molecular complexity index is 1090. The summed E-state index contributed by atoms with van der Waals surface area (Å²) in [6.45, 7) is 2.70. The molecule has 1 amide bonds. The van der Waals surface area contributed by atoms with Crippen LogP contribution in [-0.2, 0) is 6.54 Å². The average molecular weight is 448 g/mol. The van der Waals surface area contributed by atoms with Crippen LogP contribution in [0.1, 0.15) is 17.3 Å². The molecule has 0 saturated carbocycles. The number of aromatic nitrogens is 2. The molecule has 0 bridgehead atoms. The first kappa shape index (κ1) is 19.4. The first-order valence-corrected chi connectivity index (χ1v) is 10.2. The maximum absolute atomic E-state index is 12.4. The van der Waals surface area contributed by atoms with Crippen LogP contribution in [0, 0.1) is 0 Å². The Morgan fingerprint density at radius 2 is 1.93 bits per heavy atom. The summed E-state index contributed by atoms with van der Waals surface area (Å²) in [5, 5.41) is 2.87. The molecule has 1 aromatic heterocycles. The largest absolute Gasteiger partial charge is 0.351 e. The Balaban J connectivity index is 1.67. The SMILES string of the molecule is CCn1c(=O)c(=O)[nH]c2cc(C(=O)NCCSc3ccc(Br)cc3)ccc21. The van der Waals surface area contributed by atoms with E-state index < -0.39 is 11.1 Å². The number of fused-ring (bicyclic) bond motifs is 1. The van der Waals surface area contributed by atoms with Gasteiger partial charge in [0.1, 0.15) is 0 Å². The van der Waals surface area contributed by atoms with Crippen molar-refractivity contribution in [3.63, 3.8) is 0 Å². The number of H-pyrrole nitrogens is 1. The molecule has 0 fully saturated rings. The summed E-state index contributed by atoms with van der Waals surface area (Å²) in [6, 6.07) is 12.9. The monoisotopic (exact) mass is 447 g/mol.